The summed E-state index contributed by atoms with van der Waals surface area (Å²) in [7, 11) is 3.17. The molecule has 0 radical (unpaired) electrons. The Morgan fingerprint density at radius 3 is 2.53 bits per heavy atom. The summed E-state index contributed by atoms with van der Waals surface area (Å²) >= 11 is 5.98. The molecule has 1 aliphatic rings. The number of nitrogens with zero attached hydrogens (tertiary/aromatic N) is 2. The molecular formula is C26H26ClN3O4. The number of nitrogens with one attached hydrogen (secondary N) is 1. The highest BCUT2D eigenvalue weighted by Crippen LogP contribution is 2.39. The average Bonchev–Trinajstić information content (AvgIpc) is 3.33. The minimum Gasteiger partial charge on any atom is -0.497 e. The van der Waals surface area contributed by atoms with E-state index in [0.717, 1.165) is 11.3 Å². The molecule has 4 rings (SSSR count). The van der Waals surface area contributed by atoms with E-state index < -0.39 is 5.92 Å². The molecule has 7 nitrogen and oxygen atoms in total. The largest absolute Gasteiger partial charge is 0.497 e. The second-order valence-corrected chi connectivity index (χ2v) is 8.51. The lowest BCUT2D eigenvalue weighted by molar-refractivity contribution is -0.125. The molecule has 2 aromatic carbocycles. The van der Waals surface area contributed by atoms with Crippen molar-refractivity contribution in [1.82, 2.24) is 15.2 Å². The Morgan fingerprint density at radius 1 is 1.06 bits per heavy atom. The molecule has 8 heteroatoms. The molecule has 1 fully saturated rings. The molecule has 2 amide bonds. The lowest BCUT2D eigenvalue weighted by Crippen LogP contribution is -2.35. The number of amides is 2. The summed E-state index contributed by atoms with van der Waals surface area (Å²) in [6.45, 7) is 0.981. The molecule has 3 aromatic rings. The first-order valence-electron chi connectivity index (χ1n) is 10.9. The molecule has 0 saturated carbocycles. The first-order chi connectivity index (χ1) is 16.5. The highest BCUT2D eigenvalue weighted by Gasteiger charge is 2.41. The molecule has 1 N–H and O–H groups in total. The zero-order valence-corrected chi connectivity index (χ0v) is 19.8. The molecule has 34 heavy (non-hydrogen) atoms. The van der Waals surface area contributed by atoms with Crippen molar-refractivity contribution in [2.45, 2.75) is 12.5 Å². The summed E-state index contributed by atoms with van der Waals surface area (Å²) in [4.78, 5) is 32.5. The number of hydrogen-bond donors (Lipinski definition) is 1. The van der Waals surface area contributed by atoms with E-state index in [1.807, 2.05) is 30.3 Å². The Bertz CT molecular complexity index is 1150. The van der Waals surface area contributed by atoms with Crippen LogP contribution in [0.5, 0.6) is 11.5 Å². The first kappa shape index (κ1) is 23.6. The van der Waals surface area contributed by atoms with Gasteiger partial charge in [-0.2, -0.15) is 0 Å². The maximum atomic E-state index is 13.3. The van der Waals surface area contributed by atoms with Crippen LogP contribution in [0.1, 0.15) is 27.5 Å². The highest BCUT2D eigenvalue weighted by atomic mass is 35.5. The van der Waals surface area contributed by atoms with E-state index in [-0.39, 0.29) is 24.3 Å². The second kappa shape index (κ2) is 10.6. The highest BCUT2D eigenvalue weighted by molar-refractivity contribution is 6.30. The summed E-state index contributed by atoms with van der Waals surface area (Å²) < 4.78 is 10.9. The fourth-order valence-electron chi connectivity index (χ4n) is 4.26. The number of halogens is 1. The minimum absolute atomic E-state index is 0.139. The molecule has 0 bridgehead atoms. The van der Waals surface area contributed by atoms with Gasteiger partial charge in [-0.15, -0.1) is 0 Å². The maximum Gasteiger partial charge on any atom is 0.253 e. The van der Waals surface area contributed by atoms with Gasteiger partial charge in [-0.1, -0.05) is 23.7 Å². The van der Waals surface area contributed by atoms with Crippen LogP contribution in [0.2, 0.25) is 5.02 Å². The quantitative estimate of drug-likeness (QED) is 0.555. The molecule has 2 atom stereocenters. The predicted octanol–water partition coefficient (Wildman–Crippen LogP) is 3.92. The van der Waals surface area contributed by atoms with Crippen molar-refractivity contribution < 1.29 is 19.1 Å². The van der Waals surface area contributed by atoms with Gasteiger partial charge in [0.1, 0.15) is 11.5 Å². The van der Waals surface area contributed by atoms with E-state index in [1.54, 1.807) is 55.6 Å². The number of likely N-dealkylation sites (tertiary alicyclic amines) is 1. The van der Waals surface area contributed by atoms with Gasteiger partial charge in [0.2, 0.25) is 5.91 Å². The monoisotopic (exact) mass is 479 g/mol. The van der Waals surface area contributed by atoms with Crippen molar-refractivity contribution in [2.24, 2.45) is 5.92 Å². The first-order valence-corrected chi connectivity index (χ1v) is 11.3. The third-order valence-electron chi connectivity index (χ3n) is 6.05. The molecule has 0 aliphatic carbocycles. The molecule has 1 aliphatic heterocycles. The van der Waals surface area contributed by atoms with Crippen LogP contribution in [-0.4, -0.2) is 49.0 Å². The summed E-state index contributed by atoms with van der Waals surface area (Å²) in [5.74, 6) is 0.286. The van der Waals surface area contributed by atoms with Crippen LogP contribution in [0.4, 0.5) is 0 Å². The Hall–Kier alpha value is -3.58. The zero-order chi connectivity index (χ0) is 24.1. The Morgan fingerprint density at radius 2 is 1.85 bits per heavy atom. The second-order valence-electron chi connectivity index (χ2n) is 8.08. The lowest BCUT2D eigenvalue weighted by atomic mass is 9.87. The van der Waals surface area contributed by atoms with Crippen molar-refractivity contribution >= 4 is 23.4 Å². The normalized spacial score (nSPS) is 17.3. The van der Waals surface area contributed by atoms with Crippen LogP contribution in [-0.2, 0) is 11.3 Å². The number of benzene rings is 2. The van der Waals surface area contributed by atoms with Gasteiger partial charge < -0.3 is 19.7 Å². The van der Waals surface area contributed by atoms with Gasteiger partial charge in [0.15, 0.2) is 0 Å². The van der Waals surface area contributed by atoms with Crippen LogP contribution in [0.15, 0.2) is 66.9 Å². The Balaban J connectivity index is 1.61. The SMILES string of the molecule is COc1ccc(C2CN(C(=O)c3ccc(Cl)cc3)CC2C(=O)NCc2ccccn2)c(OC)c1. The third kappa shape index (κ3) is 5.15. The molecule has 1 aromatic heterocycles. The van der Waals surface area contributed by atoms with Crippen LogP contribution in [0.3, 0.4) is 0 Å². The number of ether oxygens (including phenoxy) is 2. The van der Waals surface area contributed by atoms with Gasteiger partial charge in [0.05, 0.1) is 32.4 Å². The fourth-order valence-corrected chi connectivity index (χ4v) is 4.39. The van der Waals surface area contributed by atoms with Crippen molar-refractivity contribution in [1.29, 1.82) is 0 Å². The summed E-state index contributed by atoms with van der Waals surface area (Å²) in [5, 5.41) is 3.55. The number of aromatic nitrogens is 1. The molecule has 176 valence electrons. The topological polar surface area (TPSA) is 80.8 Å². The lowest BCUT2D eigenvalue weighted by Gasteiger charge is -2.21. The minimum atomic E-state index is -0.456. The molecular weight excluding hydrogens is 454 g/mol. The number of carbonyl (C=O) groups excluding carboxylic acids is 2. The van der Waals surface area contributed by atoms with Crippen molar-refractivity contribution in [3.05, 3.63) is 88.7 Å². The summed E-state index contributed by atoms with van der Waals surface area (Å²) in [6.07, 6.45) is 1.69. The number of carbonyl (C=O) groups is 2. The standard InChI is InChI=1S/C26H26ClN3O4/c1-33-20-10-11-21(24(13-20)34-2)22-15-30(26(32)17-6-8-18(27)9-7-17)16-23(22)25(31)29-14-19-5-3-4-12-28-19/h3-13,22-23H,14-16H2,1-2H3,(H,29,31). The van der Waals surface area contributed by atoms with E-state index in [0.29, 0.717) is 35.2 Å². The number of rotatable bonds is 7. The van der Waals surface area contributed by atoms with Crippen molar-refractivity contribution in [3.63, 3.8) is 0 Å². The van der Waals surface area contributed by atoms with Crippen molar-refractivity contribution in [3.8, 4) is 11.5 Å². The van der Waals surface area contributed by atoms with Gasteiger partial charge in [-0.05, 0) is 42.5 Å². The van der Waals surface area contributed by atoms with E-state index >= 15 is 0 Å². The van der Waals surface area contributed by atoms with Gasteiger partial charge in [-0.3, -0.25) is 14.6 Å². The smallest absolute Gasteiger partial charge is 0.253 e. The molecule has 1 saturated heterocycles. The summed E-state index contributed by atoms with van der Waals surface area (Å²) in [6, 6.07) is 17.9. The fraction of sp³-hybridized carbons (Fsp3) is 0.269. The van der Waals surface area contributed by atoms with Gasteiger partial charge in [0, 0.05) is 47.4 Å². The number of pyridine rings is 1. The van der Waals surface area contributed by atoms with Crippen LogP contribution in [0, 0.1) is 5.92 Å². The zero-order valence-electron chi connectivity index (χ0n) is 19.0. The average molecular weight is 480 g/mol. The molecule has 2 unspecified atom stereocenters. The maximum absolute atomic E-state index is 13.3. The van der Waals surface area contributed by atoms with Crippen LogP contribution >= 0.6 is 11.6 Å². The van der Waals surface area contributed by atoms with Crippen molar-refractivity contribution in [2.75, 3.05) is 27.3 Å². The van der Waals surface area contributed by atoms with Gasteiger partial charge in [0.25, 0.3) is 5.91 Å². The van der Waals surface area contributed by atoms with E-state index in [1.165, 1.54) is 0 Å². The number of hydrogen-bond acceptors (Lipinski definition) is 5. The summed E-state index contributed by atoms with van der Waals surface area (Å²) in [5.41, 5.74) is 2.15. The van der Waals surface area contributed by atoms with E-state index in [4.69, 9.17) is 21.1 Å². The van der Waals surface area contributed by atoms with Crippen LogP contribution in [0.25, 0.3) is 0 Å². The Labute approximate surface area is 203 Å². The molecule has 2 heterocycles. The third-order valence-corrected chi connectivity index (χ3v) is 6.30. The van der Waals surface area contributed by atoms with Gasteiger partial charge >= 0.3 is 0 Å². The molecule has 0 spiro atoms. The van der Waals surface area contributed by atoms with E-state index in [9.17, 15) is 9.59 Å². The van der Waals surface area contributed by atoms with E-state index in [2.05, 4.69) is 10.3 Å². The predicted molar refractivity (Wildman–Crippen MR) is 129 cm³/mol. The number of methoxy groups -OCH3 is 2. The Kier molecular flexibility index (Phi) is 7.33. The van der Waals surface area contributed by atoms with Crippen LogP contribution < -0.4 is 14.8 Å². The van der Waals surface area contributed by atoms with Gasteiger partial charge in [-0.25, -0.2) is 0 Å².